The molecule has 1 aliphatic heterocycles. The van der Waals surface area contributed by atoms with Crippen LogP contribution in [0.1, 0.15) is 37.2 Å². The summed E-state index contributed by atoms with van der Waals surface area (Å²) in [6.07, 6.45) is 4.58. The monoisotopic (exact) mass is 261 g/mol. The van der Waals surface area contributed by atoms with E-state index in [4.69, 9.17) is 9.84 Å². The largest absolute Gasteiger partial charge is 0.493 e. The molecule has 104 valence electrons. The van der Waals surface area contributed by atoms with Crippen LogP contribution >= 0.6 is 0 Å². The summed E-state index contributed by atoms with van der Waals surface area (Å²) < 4.78 is 5.69. The maximum Gasteiger partial charge on any atom is 0.122 e. The maximum absolute atomic E-state index is 9.08. The summed E-state index contributed by atoms with van der Waals surface area (Å²) in [5, 5.41) is 12.7. The predicted molar refractivity (Wildman–Crippen MR) is 75.5 cm³/mol. The Bertz CT molecular complexity index is 429. The number of aliphatic hydroxyl groups excluding tert-OH is 1. The molecule has 0 bridgehead atoms. The van der Waals surface area contributed by atoms with Gasteiger partial charge in [0.25, 0.3) is 0 Å². The van der Waals surface area contributed by atoms with Gasteiger partial charge in [-0.05, 0) is 42.7 Å². The molecule has 1 unspecified atom stereocenters. The first-order valence-electron chi connectivity index (χ1n) is 7.36. The van der Waals surface area contributed by atoms with Crippen LogP contribution < -0.4 is 10.1 Å². The Balaban J connectivity index is 1.54. The van der Waals surface area contributed by atoms with Gasteiger partial charge in [0, 0.05) is 25.6 Å². The van der Waals surface area contributed by atoms with Gasteiger partial charge >= 0.3 is 0 Å². The van der Waals surface area contributed by atoms with Crippen molar-refractivity contribution in [3.63, 3.8) is 0 Å². The van der Waals surface area contributed by atoms with Crippen LogP contribution in [0, 0.1) is 5.41 Å². The number of aliphatic hydroxyl groups is 1. The van der Waals surface area contributed by atoms with Gasteiger partial charge in [-0.3, -0.25) is 0 Å². The van der Waals surface area contributed by atoms with Crippen molar-refractivity contribution >= 4 is 0 Å². The van der Waals surface area contributed by atoms with E-state index in [-0.39, 0.29) is 0 Å². The molecule has 3 rings (SSSR count). The van der Waals surface area contributed by atoms with Crippen molar-refractivity contribution in [1.82, 2.24) is 5.32 Å². The average Bonchev–Trinajstić information content (AvgIpc) is 3.19. The van der Waals surface area contributed by atoms with Crippen molar-refractivity contribution in [1.29, 1.82) is 0 Å². The predicted octanol–water partition coefficient (Wildman–Crippen LogP) is 2.30. The van der Waals surface area contributed by atoms with Gasteiger partial charge in [-0.15, -0.1) is 0 Å². The van der Waals surface area contributed by atoms with Crippen molar-refractivity contribution in [3.05, 3.63) is 29.8 Å². The minimum absolute atomic E-state index is 0.321. The molecule has 0 radical (unpaired) electrons. The SMILES string of the molecule is OCCC1(CNCC2CCOc3ccccc32)CC1. The third-order valence-electron chi connectivity index (χ3n) is 4.57. The molecule has 1 aliphatic carbocycles. The summed E-state index contributed by atoms with van der Waals surface area (Å²) in [6.45, 7) is 3.22. The average molecular weight is 261 g/mol. The molecule has 3 nitrogen and oxygen atoms in total. The van der Waals surface area contributed by atoms with Crippen molar-refractivity contribution in [2.24, 2.45) is 5.41 Å². The standard InChI is InChI=1S/C16H23NO2/c18-9-8-16(6-7-16)12-17-11-13-5-10-19-15-4-2-1-3-14(13)15/h1-4,13,17-18H,5-12H2. The van der Waals surface area contributed by atoms with Crippen LogP contribution in [0.2, 0.25) is 0 Å². The molecule has 0 saturated heterocycles. The zero-order chi connectivity index (χ0) is 13.1. The van der Waals surface area contributed by atoms with Gasteiger partial charge in [-0.1, -0.05) is 18.2 Å². The molecule has 1 atom stereocenters. The van der Waals surface area contributed by atoms with E-state index in [2.05, 4.69) is 23.5 Å². The molecule has 0 spiro atoms. The Morgan fingerprint density at radius 3 is 2.95 bits per heavy atom. The van der Waals surface area contributed by atoms with E-state index in [9.17, 15) is 0 Å². The molecule has 19 heavy (non-hydrogen) atoms. The molecule has 2 N–H and O–H groups in total. The van der Waals surface area contributed by atoms with E-state index < -0.39 is 0 Å². The lowest BCUT2D eigenvalue weighted by Crippen LogP contribution is -2.30. The molecule has 1 aromatic rings. The van der Waals surface area contributed by atoms with E-state index in [0.717, 1.165) is 38.3 Å². The molecule has 1 fully saturated rings. The molecular formula is C16H23NO2. The summed E-state index contributed by atoms with van der Waals surface area (Å²) in [5.74, 6) is 1.62. The summed E-state index contributed by atoms with van der Waals surface area (Å²) in [6, 6.07) is 8.38. The van der Waals surface area contributed by atoms with E-state index in [1.807, 2.05) is 6.07 Å². The Hall–Kier alpha value is -1.06. The minimum atomic E-state index is 0.321. The Kier molecular flexibility index (Phi) is 3.76. The molecule has 1 aromatic carbocycles. The molecule has 1 saturated carbocycles. The number of hydrogen-bond acceptors (Lipinski definition) is 3. The van der Waals surface area contributed by atoms with Gasteiger partial charge in [0.1, 0.15) is 5.75 Å². The van der Waals surface area contributed by atoms with E-state index >= 15 is 0 Å². The van der Waals surface area contributed by atoms with Gasteiger partial charge in [0.2, 0.25) is 0 Å². The van der Waals surface area contributed by atoms with Gasteiger partial charge in [-0.2, -0.15) is 0 Å². The van der Waals surface area contributed by atoms with Crippen LogP contribution in [0.25, 0.3) is 0 Å². The molecule has 0 amide bonds. The van der Waals surface area contributed by atoms with Crippen LogP contribution in [-0.2, 0) is 0 Å². The first kappa shape index (κ1) is 12.9. The van der Waals surface area contributed by atoms with Crippen LogP contribution in [0.4, 0.5) is 0 Å². The molecule has 0 aromatic heterocycles. The highest BCUT2D eigenvalue weighted by Gasteiger charge is 2.41. The van der Waals surface area contributed by atoms with Crippen molar-refractivity contribution in [2.75, 3.05) is 26.3 Å². The second-order valence-electron chi connectivity index (χ2n) is 5.98. The van der Waals surface area contributed by atoms with Gasteiger partial charge in [0.15, 0.2) is 0 Å². The second-order valence-corrected chi connectivity index (χ2v) is 5.98. The van der Waals surface area contributed by atoms with Crippen LogP contribution in [0.5, 0.6) is 5.75 Å². The maximum atomic E-state index is 9.08. The van der Waals surface area contributed by atoms with Crippen LogP contribution in [0.3, 0.4) is 0 Å². The smallest absolute Gasteiger partial charge is 0.122 e. The Morgan fingerprint density at radius 1 is 1.32 bits per heavy atom. The lowest BCUT2D eigenvalue weighted by atomic mass is 9.92. The Labute approximate surface area is 115 Å². The van der Waals surface area contributed by atoms with Gasteiger partial charge < -0.3 is 15.2 Å². The fourth-order valence-electron chi connectivity index (χ4n) is 3.07. The zero-order valence-corrected chi connectivity index (χ0v) is 11.4. The number of nitrogens with one attached hydrogen (secondary N) is 1. The van der Waals surface area contributed by atoms with Gasteiger partial charge in [-0.25, -0.2) is 0 Å². The van der Waals surface area contributed by atoms with E-state index in [1.54, 1.807) is 0 Å². The normalized spacial score (nSPS) is 23.5. The number of benzene rings is 1. The summed E-state index contributed by atoms with van der Waals surface area (Å²) in [4.78, 5) is 0. The quantitative estimate of drug-likeness (QED) is 0.825. The number of para-hydroxylation sites is 1. The summed E-state index contributed by atoms with van der Waals surface area (Å²) >= 11 is 0. The number of fused-ring (bicyclic) bond motifs is 1. The minimum Gasteiger partial charge on any atom is -0.493 e. The summed E-state index contributed by atoms with van der Waals surface area (Å²) in [5.41, 5.74) is 1.74. The summed E-state index contributed by atoms with van der Waals surface area (Å²) in [7, 11) is 0. The van der Waals surface area contributed by atoms with Crippen molar-refractivity contribution in [2.45, 2.75) is 31.6 Å². The van der Waals surface area contributed by atoms with Crippen LogP contribution in [0.15, 0.2) is 24.3 Å². The fraction of sp³-hybridized carbons (Fsp3) is 0.625. The number of ether oxygens (including phenoxy) is 1. The third kappa shape index (κ3) is 2.93. The molecular weight excluding hydrogens is 238 g/mol. The zero-order valence-electron chi connectivity index (χ0n) is 11.4. The first-order valence-corrected chi connectivity index (χ1v) is 7.36. The van der Waals surface area contributed by atoms with Gasteiger partial charge in [0.05, 0.1) is 6.61 Å². The van der Waals surface area contributed by atoms with E-state index in [1.165, 1.54) is 18.4 Å². The number of rotatable bonds is 6. The van der Waals surface area contributed by atoms with E-state index in [0.29, 0.717) is 17.9 Å². The van der Waals surface area contributed by atoms with Crippen molar-refractivity contribution in [3.8, 4) is 5.75 Å². The lowest BCUT2D eigenvalue weighted by molar-refractivity contribution is 0.240. The first-order chi connectivity index (χ1) is 9.33. The molecule has 3 heteroatoms. The highest BCUT2D eigenvalue weighted by atomic mass is 16.5. The highest BCUT2D eigenvalue weighted by Crippen LogP contribution is 2.48. The molecule has 1 heterocycles. The van der Waals surface area contributed by atoms with Crippen molar-refractivity contribution < 1.29 is 9.84 Å². The fourth-order valence-corrected chi connectivity index (χ4v) is 3.07. The Morgan fingerprint density at radius 2 is 2.16 bits per heavy atom. The lowest BCUT2D eigenvalue weighted by Gasteiger charge is -2.27. The second kappa shape index (κ2) is 5.51. The third-order valence-corrected chi connectivity index (χ3v) is 4.57. The van der Waals surface area contributed by atoms with Crippen LogP contribution in [-0.4, -0.2) is 31.4 Å². The topological polar surface area (TPSA) is 41.5 Å². The number of hydrogen-bond donors (Lipinski definition) is 2. The molecule has 2 aliphatic rings. The highest BCUT2D eigenvalue weighted by molar-refractivity contribution is 5.37.